The van der Waals surface area contributed by atoms with Crippen molar-refractivity contribution < 1.29 is 4.42 Å². The number of hydrogen-bond acceptors (Lipinski definition) is 4. The fraction of sp³-hybridized carbons (Fsp3) is 0.160. The Morgan fingerprint density at radius 1 is 0.564 bits per heavy atom. The Kier molecular flexibility index (Phi) is 6.34. The van der Waals surface area contributed by atoms with Crippen LogP contribution >= 0.6 is 0 Å². The molecule has 2 atom stereocenters. The molecule has 1 aliphatic carbocycles. The Morgan fingerprint density at radius 3 is 2.05 bits per heavy atom. The summed E-state index contributed by atoms with van der Waals surface area (Å²) in [6.45, 7) is 5.18. The zero-order valence-electron chi connectivity index (χ0n) is 31.2. The Bertz CT molecular complexity index is 2810. The highest BCUT2D eigenvalue weighted by Crippen LogP contribution is 2.61. The van der Waals surface area contributed by atoms with Crippen LogP contribution in [0.2, 0.25) is 0 Å². The Hall–Kier alpha value is -6.20. The Balaban J connectivity index is 1.17. The Labute approximate surface area is 322 Å². The van der Waals surface area contributed by atoms with Gasteiger partial charge in [0.15, 0.2) is 5.58 Å². The zero-order valence-corrected chi connectivity index (χ0v) is 31.2. The van der Waals surface area contributed by atoms with Gasteiger partial charge in [-0.3, -0.25) is 0 Å². The second-order valence-electron chi connectivity index (χ2n) is 16.4. The van der Waals surface area contributed by atoms with Gasteiger partial charge in [-0.25, -0.2) is 0 Å². The molecule has 2 unspecified atom stereocenters. The molecule has 4 heterocycles. The van der Waals surface area contributed by atoms with Gasteiger partial charge in [-0.05, 0) is 102 Å². The molecule has 0 saturated heterocycles. The lowest BCUT2D eigenvalue weighted by molar-refractivity contribution is 0.195. The lowest BCUT2D eigenvalue weighted by atomic mass is 9.33. The van der Waals surface area contributed by atoms with Crippen molar-refractivity contribution in [1.82, 2.24) is 0 Å². The fourth-order valence-corrected chi connectivity index (χ4v) is 11.1. The zero-order chi connectivity index (χ0) is 36.5. The molecule has 7 aromatic carbocycles. The fourth-order valence-electron chi connectivity index (χ4n) is 11.1. The minimum absolute atomic E-state index is 0.0106. The van der Waals surface area contributed by atoms with Crippen molar-refractivity contribution in [3.63, 3.8) is 0 Å². The maximum atomic E-state index is 6.82. The molecule has 1 aromatic heterocycles. The summed E-state index contributed by atoms with van der Waals surface area (Å²) in [4.78, 5) is 7.68. The highest BCUT2D eigenvalue weighted by molar-refractivity contribution is 7.00. The molecule has 0 spiro atoms. The molecule has 4 nitrogen and oxygen atoms in total. The van der Waals surface area contributed by atoms with Gasteiger partial charge >= 0.3 is 0 Å². The lowest BCUT2D eigenvalue weighted by Gasteiger charge is -2.52. The molecule has 55 heavy (non-hydrogen) atoms. The Morgan fingerprint density at radius 2 is 1.24 bits per heavy atom. The summed E-state index contributed by atoms with van der Waals surface area (Å²) < 4.78 is 6.82. The van der Waals surface area contributed by atoms with Crippen molar-refractivity contribution in [2.75, 3.05) is 14.7 Å². The van der Waals surface area contributed by atoms with Crippen molar-refractivity contribution >= 4 is 90.5 Å². The maximum Gasteiger partial charge on any atom is 0.252 e. The van der Waals surface area contributed by atoms with Gasteiger partial charge in [0.1, 0.15) is 5.58 Å². The molecule has 0 radical (unpaired) electrons. The summed E-state index contributed by atoms with van der Waals surface area (Å²) in [6, 6.07) is 58.0. The van der Waals surface area contributed by atoms with Crippen LogP contribution in [0.4, 0.5) is 45.5 Å². The lowest BCUT2D eigenvalue weighted by Crippen LogP contribution is -2.64. The molecule has 5 heteroatoms. The van der Waals surface area contributed by atoms with Crippen LogP contribution in [-0.2, 0) is 5.41 Å². The first-order valence-corrected chi connectivity index (χ1v) is 19.9. The van der Waals surface area contributed by atoms with E-state index in [9.17, 15) is 0 Å². The number of hydrogen-bond donors (Lipinski definition) is 0. The van der Waals surface area contributed by atoms with Crippen molar-refractivity contribution in [3.8, 4) is 0 Å². The molecular formula is C50H40BN3O. The smallest absolute Gasteiger partial charge is 0.252 e. The summed E-state index contributed by atoms with van der Waals surface area (Å²) >= 11 is 0. The van der Waals surface area contributed by atoms with Gasteiger partial charge in [0.2, 0.25) is 0 Å². The van der Waals surface area contributed by atoms with Crippen LogP contribution in [0.1, 0.15) is 45.1 Å². The monoisotopic (exact) mass is 709 g/mol. The van der Waals surface area contributed by atoms with Gasteiger partial charge in [0.25, 0.3) is 6.71 Å². The van der Waals surface area contributed by atoms with E-state index >= 15 is 0 Å². The maximum absolute atomic E-state index is 6.82. The normalized spacial score (nSPS) is 20.3. The third kappa shape index (κ3) is 4.03. The van der Waals surface area contributed by atoms with Crippen LogP contribution in [0.5, 0.6) is 0 Å². The van der Waals surface area contributed by atoms with Gasteiger partial charge in [0.05, 0.1) is 11.2 Å². The van der Waals surface area contributed by atoms with Gasteiger partial charge < -0.3 is 19.1 Å². The van der Waals surface area contributed by atoms with Gasteiger partial charge in [-0.15, -0.1) is 0 Å². The van der Waals surface area contributed by atoms with Crippen molar-refractivity contribution in [3.05, 3.63) is 163 Å². The van der Waals surface area contributed by atoms with Crippen molar-refractivity contribution in [2.24, 2.45) is 0 Å². The van der Waals surface area contributed by atoms with Crippen LogP contribution in [-0.4, -0.2) is 12.3 Å². The van der Waals surface area contributed by atoms with Crippen molar-refractivity contribution in [1.29, 1.82) is 0 Å². The standard InChI is InChI=1S/C50H40BN3O/c1-49-30-11-12-31-50(49,2)54-42-25-15-24-41-46(42)51(40-23-14-22-38(49)47(40)54)39-29-28-35(52(33-16-5-3-6-17-33)34-18-7-4-8-19-34)32-44(39)53(41)43-26-13-21-37-36-20-9-10-27-45(36)55-48(37)43/h3-10,13-29,32H,11-12,30-31H2,1-2H3. The molecule has 8 aromatic rings. The first kappa shape index (κ1) is 31.2. The number of rotatable bonds is 4. The first-order valence-electron chi connectivity index (χ1n) is 19.9. The molecule has 1 saturated carbocycles. The van der Waals surface area contributed by atoms with E-state index in [1.54, 1.807) is 0 Å². The highest BCUT2D eigenvalue weighted by atomic mass is 16.3. The first-order chi connectivity index (χ1) is 27.0. The second-order valence-corrected chi connectivity index (χ2v) is 16.4. The van der Waals surface area contributed by atoms with Crippen LogP contribution in [0.15, 0.2) is 162 Å². The van der Waals surface area contributed by atoms with Crippen LogP contribution < -0.4 is 31.1 Å². The number of furan rings is 1. The van der Waals surface area contributed by atoms with Crippen LogP contribution in [0, 0.1) is 0 Å². The third-order valence-electron chi connectivity index (χ3n) is 13.8. The average Bonchev–Trinajstić information content (AvgIpc) is 3.71. The predicted molar refractivity (Wildman–Crippen MR) is 231 cm³/mol. The van der Waals surface area contributed by atoms with E-state index in [0.29, 0.717) is 0 Å². The quantitative estimate of drug-likeness (QED) is 0.170. The molecule has 264 valence electrons. The summed E-state index contributed by atoms with van der Waals surface area (Å²) in [5.41, 5.74) is 17.1. The molecular weight excluding hydrogens is 669 g/mol. The molecule has 0 amide bonds. The van der Waals surface area contributed by atoms with Gasteiger partial charge in [0, 0.05) is 56.0 Å². The number of benzene rings is 7. The minimum atomic E-state index is -0.0106. The van der Waals surface area contributed by atoms with E-state index in [2.05, 4.69) is 186 Å². The summed E-state index contributed by atoms with van der Waals surface area (Å²) in [5, 5.41) is 2.27. The summed E-state index contributed by atoms with van der Waals surface area (Å²) in [7, 11) is 0. The van der Waals surface area contributed by atoms with Gasteiger partial charge in [-0.2, -0.15) is 0 Å². The second kappa shape index (κ2) is 11.2. The predicted octanol–water partition coefficient (Wildman–Crippen LogP) is 11.4. The van der Waals surface area contributed by atoms with E-state index < -0.39 is 0 Å². The SMILES string of the molecule is CC12CCCCC1(C)N1c3cccc4c3B(c3ccc(N(c5ccccc5)c5ccccc5)cc3N4c3cccc4c3oc3ccccc34)c3cccc2c31. The molecule has 12 rings (SSSR count). The number of fused-ring (bicyclic) bond motifs is 10. The highest BCUT2D eigenvalue weighted by Gasteiger charge is 2.61. The van der Waals surface area contributed by atoms with Crippen LogP contribution in [0.3, 0.4) is 0 Å². The van der Waals surface area contributed by atoms with Crippen molar-refractivity contribution in [2.45, 2.75) is 50.5 Å². The molecule has 4 aliphatic rings. The molecule has 0 bridgehead atoms. The molecule has 1 fully saturated rings. The summed E-state index contributed by atoms with van der Waals surface area (Å²) in [5.74, 6) is 0. The van der Waals surface area contributed by atoms with E-state index in [4.69, 9.17) is 4.42 Å². The van der Waals surface area contributed by atoms with E-state index in [1.165, 1.54) is 70.4 Å². The number of nitrogens with zero attached hydrogens (tertiary/aromatic N) is 3. The molecule has 3 aliphatic heterocycles. The minimum Gasteiger partial charge on any atom is -0.454 e. The number of para-hydroxylation sites is 5. The van der Waals surface area contributed by atoms with E-state index in [-0.39, 0.29) is 17.7 Å². The average molecular weight is 710 g/mol. The van der Waals surface area contributed by atoms with Gasteiger partial charge in [-0.1, -0.05) is 117 Å². The third-order valence-corrected chi connectivity index (χ3v) is 13.8. The molecule has 0 N–H and O–H groups in total. The largest absolute Gasteiger partial charge is 0.454 e. The van der Waals surface area contributed by atoms with Crippen LogP contribution in [0.25, 0.3) is 21.9 Å². The number of anilines is 8. The topological polar surface area (TPSA) is 22.9 Å². The van der Waals surface area contributed by atoms with E-state index in [0.717, 1.165) is 44.7 Å². The summed E-state index contributed by atoms with van der Waals surface area (Å²) in [6.07, 6.45) is 4.93. The van der Waals surface area contributed by atoms with E-state index in [1.807, 2.05) is 0 Å².